The second-order valence-corrected chi connectivity index (χ2v) is 5.40. The molecule has 0 aliphatic rings. The van der Waals surface area contributed by atoms with E-state index in [2.05, 4.69) is 15.2 Å². The fourth-order valence-electron chi connectivity index (χ4n) is 2.11. The number of hydrogen-bond acceptors (Lipinski definition) is 3. The second kappa shape index (κ2) is 7.37. The van der Waals surface area contributed by atoms with E-state index in [0.29, 0.717) is 12.2 Å². The smallest absolute Gasteiger partial charge is 0.387 e. The number of aromatic nitrogens is 2. The van der Waals surface area contributed by atoms with E-state index < -0.39 is 24.1 Å². The first-order valence-electron chi connectivity index (χ1n) is 7.45. The molecule has 1 N–H and O–H groups in total. The number of amides is 1. The van der Waals surface area contributed by atoms with Gasteiger partial charge in [-0.25, -0.2) is 4.39 Å². The molecule has 130 valence electrons. The number of nitrogens with one attached hydrogen (secondary N) is 1. The van der Waals surface area contributed by atoms with E-state index in [-0.39, 0.29) is 11.6 Å². The Hall–Kier alpha value is -2.51. The van der Waals surface area contributed by atoms with Gasteiger partial charge in [0.2, 0.25) is 0 Å². The van der Waals surface area contributed by atoms with E-state index in [4.69, 9.17) is 0 Å². The number of carbonyl (C=O) groups excluding carboxylic acids is 1. The molecule has 1 amide bonds. The highest BCUT2D eigenvalue weighted by atomic mass is 19.3. The summed E-state index contributed by atoms with van der Waals surface area (Å²) in [5, 5.41) is 6.86. The van der Waals surface area contributed by atoms with Gasteiger partial charge in [0.1, 0.15) is 5.69 Å². The van der Waals surface area contributed by atoms with Crippen molar-refractivity contribution in [1.82, 2.24) is 9.78 Å². The SMILES string of the molecule is CCn1nc(C(C)C)cc1C(=O)Nc1ccc(OC(F)F)c(F)c1. The van der Waals surface area contributed by atoms with Crippen LogP contribution in [0.3, 0.4) is 0 Å². The summed E-state index contributed by atoms with van der Waals surface area (Å²) in [5.74, 6) is -1.87. The van der Waals surface area contributed by atoms with Crippen LogP contribution >= 0.6 is 0 Å². The van der Waals surface area contributed by atoms with Crippen LogP contribution in [-0.4, -0.2) is 22.3 Å². The molecule has 24 heavy (non-hydrogen) atoms. The van der Waals surface area contributed by atoms with Crippen LogP contribution in [0.15, 0.2) is 24.3 Å². The molecule has 0 saturated heterocycles. The Kier molecular flexibility index (Phi) is 5.48. The van der Waals surface area contributed by atoms with Crippen molar-refractivity contribution in [2.75, 3.05) is 5.32 Å². The largest absolute Gasteiger partial charge is 0.432 e. The van der Waals surface area contributed by atoms with Crippen LogP contribution in [0.5, 0.6) is 5.75 Å². The van der Waals surface area contributed by atoms with Crippen molar-refractivity contribution >= 4 is 11.6 Å². The first kappa shape index (κ1) is 17.8. The minimum absolute atomic E-state index is 0.133. The second-order valence-electron chi connectivity index (χ2n) is 5.40. The first-order chi connectivity index (χ1) is 11.3. The lowest BCUT2D eigenvalue weighted by molar-refractivity contribution is -0.0521. The van der Waals surface area contributed by atoms with Crippen molar-refractivity contribution in [1.29, 1.82) is 0 Å². The Bertz CT molecular complexity index is 729. The maximum atomic E-state index is 13.7. The molecule has 0 saturated carbocycles. The highest BCUT2D eigenvalue weighted by molar-refractivity contribution is 6.03. The fourth-order valence-corrected chi connectivity index (χ4v) is 2.11. The molecule has 5 nitrogen and oxygen atoms in total. The van der Waals surface area contributed by atoms with Crippen LogP contribution in [0.25, 0.3) is 0 Å². The number of halogens is 3. The Labute approximate surface area is 137 Å². The fraction of sp³-hybridized carbons (Fsp3) is 0.375. The third kappa shape index (κ3) is 4.06. The third-order valence-corrected chi connectivity index (χ3v) is 3.33. The summed E-state index contributed by atoms with van der Waals surface area (Å²) in [7, 11) is 0. The maximum Gasteiger partial charge on any atom is 0.387 e. The van der Waals surface area contributed by atoms with Gasteiger partial charge in [-0.15, -0.1) is 0 Å². The average Bonchev–Trinajstić information content (AvgIpc) is 2.94. The van der Waals surface area contributed by atoms with Crippen molar-refractivity contribution in [3.8, 4) is 5.75 Å². The van der Waals surface area contributed by atoms with E-state index in [1.165, 1.54) is 6.07 Å². The molecule has 0 unspecified atom stereocenters. The quantitative estimate of drug-likeness (QED) is 0.863. The number of nitrogens with zero attached hydrogens (tertiary/aromatic N) is 2. The number of ether oxygens (including phenoxy) is 1. The molecule has 2 rings (SSSR count). The van der Waals surface area contributed by atoms with Crippen molar-refractivity contribution in [3.05, 3.63) is 41.5 Å². The number of hydrogen-bond donors (Lipinski definition) is 1. The van der Waals surface area contributed by atoms with E-state index in [9.17, 15) is 18.0 Å². The van der Waals surface area contributed by atoms with Gasteiger partial charge in [-0.3, -0.25) is 9.48 Å². The highest BCUT2D eigenvalue weighted by Crippen LogP contribution is 2.23. The minimum atomic E-state index is -3.12. The van der Waals surface area contributed by atoms with E-state index in [1.54, 1.807) is 10.7 Å². The van der Waals surface area contributed by atoms with Gasteiger partial charge in [0.05, 0.1) is 5.69 Å². The molecular formula is C16H18F3N3O2. The Balaban J connectivity index is 2.19. The molecule has 0 aliphatic heterocycles. The summed E-state index contributed by atoms with van der Waals surface area (Å²) in [6, 6.07) is 4.92. The predicted octanol–water partition coefficient (Wildman–Crippen LogP) is 4.02. The molecule has 0 spiro atoms. The summed E-state index contributed by atoms with van der Waals surface area (Å²) in [6.45, 7) is 3.16. The lowest BCUT2D eigenvalue weighted by atomic mass is 10.1. The van der Waals surface area contributed by atoms with E-state index in [0.717, 1.165) is 17.8 Å². The number of rotatable bonds is 6. The maximum absolute atomic E-state index is 13.7. The van der Waals surface area contributed by atoms with Crippen LogP contribution in [0.2, 0.25) is 0 Å². The van der Waals surface area contributed by atoms with Crippen molar-refractivity contribution in [3.63, 3.8) is 0 Å². The van der Waals surface area contributed by atoms with Gasteiger partial charge >= 0.3 is 6.61 Å². The molecule has 1 aromatic carbocycles. The number of alkyl halides is 2. The van der Waals surface area contributed by atoms with E-state index in [1.807, 2.05) is 20.8 Å². The van der Waals surface area contributed by atoms with E-state index >= 15 is 0 Å². The first-order valence-corrected chi connectivity index (χ1v) is 7.45. The Morgan fingerprint density at radius 2 is 2.04 bits per heavy atom. The zero-order valence-corrected chi connectivity index (χ0v) is 13.5. The summed E-state index contributed by atoms with van der Waals surface area (Å²) in [4.78, 5) is 12.4. The molecule has 2 aromatic rings. The molecule has 0 aliphatic carbocycles. The van der Waals surface area contributed by atoms with Crippen molar-refractivity contribution in [2.24, 2.45) is 0 Å². The van der Waals surface area contributed by atoms with Gasteiger partial charge in [0.15, 0.2) is 11.6 Å². The zero-order chi connectivity index (χ0) is 17.9. The third-order valence-electron chi connectivity index (χ3n) is 3.33. The van der Waals surface area contributed by atoms with Crippen LogP contribution < -0.4 is 10.1 Å². The van der Waals surface area contributed by atoms with Gasteiger partial charge in [0, 0.05) is 18.3 Å². The summed E-state index contributed by atoms with van der Waals surface area (Å²) in [5.41, 5.74) is 1.25. The zero-order valence-electron chi connectivity index (χ0n) is 13.5. The van der Waals surface area contributed by atoms with Gasteiger partial charge in [0.25, 0.3) is 5.91 Å². The molecule has 0 bridgehead atoms. The van der Waals surface area contributed by atoms with Crippen LogP contribution in [0.4, 0.5) is 18.9 Å². The molecule has 8 heteroatoms. The Morgan fingerprint density at radius 3 is 2.58 bits per heavy atom. The summed E-state index contributed by atoms with van der Waals surface area (Å²) < 4.78 is 43.5. The van der Waals surface area contributed by atoms with Gasteiger partial charge in [-0.2, -0.15) is 13.9 Å². The molecule has 0 atom stereocenters. The Morgan fingerprint density at radius 1 is 1.33 bits per heavy atom. The number of aryl methyl sites for hydroxylation is 1. The monoisotopic (exact) mass is 341 g/mol. The van der Waals surface area contributed by atoms with Crippen molar-refractivity contribution in [2.45, 2.75) is 39.8 Å². The van der Waals surface area contributed by atoms with Gasteiger partial charge in [-0.05, 0) is 31.0 Å². The lowest BCUT2D eigenvalue weighted by Crippen LogP contribution is -2.17. The predicted molar refractivity (Wildman–Crippen MR) is 83.0 cm³/mol. The normalized spacial score (nSPS) is 11.2. The van der Waals surface area contributed by atoms with Crippen LogP contribution in [0, 0.1) is 5.82 Å². The topological polar surface area (TPSA) is 56.2 Å². The average molecular weight is 341 g/mol. The number of carbonyl (C=O) groups is 1. The van der Waals surface area contributed by atoms with Crippen LogP contribution in [0.1, 0.15) is 42.9 Å². The lowest BCUT2D eigenvalue weighted by Gasteiger charge is -2.09. The number of benzene rings is 1. The van der Waals surface area contributed by atoms with Crippen molar-refractivity contribution < 1.29 is 22.7 Å². The number of anilines is 1. The molecule has 0 fully saturated rings. The minimum Gasteiger partial charge on any atom is -0.432 e. The highest BCUT2D eigenvalue weighted by Gasteiger charge is 2.17. The molecule has 1 aromatic heterocycles. The molecular weight excluding hydrogens is 323 g/mol. The van der Waals surface area contributed by atoms with Crippen LogP contribution in [-0.2, 0) is 6.54 Å². The standard InChI is InChI=1S/C16H18F3N3O2/c1-4-22-13(8-12(21-22)9(2)3)15(23)20-10-5-6-14(11(17)7-10)24-16(18)19/h5-9,16H,4H2,1-3H3,(H,20,23). The molecule has 0 radical (unpaired) electrons. The summed E-state index contributed by atoms with van der Waals surface area (Å²) >= 11 is 0. The van der Waals surface area contributed by atoms with Gasteiger partial charge < -0.3 is 10.1 Å². The summed E-state index contributed by atoms with van der Waals surface area (Å²) in [6.07, 6.45) is 0. The van der Waals surface area contributed by atoms with Gasteiger partial charge in [-0.1, -0.05) is 13.8 Å². The molecule has 1 heterocycles.